The van der Waals surface area contributed by atoms with E-state index >= 15 is 0 Å². The molecule has 0 unspecified atom stereocenters. The van der Waals surface area contributed by atoms with Crippen LogP contribution in [0.5, 0.6) is 11.5 Å². The number of ether oxygens (including phenoxy) is 3. The molecule has 0 radical (unpaired) electrons. The molecule has 0 fully saturated rings. The van der Waals surface area contributed by atoms with Crippen LogP contribution in [0.4, 0.5) is 5.95 Å². The van der Waals surface area contributed by atoms with Crippen LogP contribution in [0.15, 0.2) is 50.2 Å². The lowest BCUT2D eigenvalue weighted by Crippen LogP contribution is -2.24. The van der Waals surface area contributed by atoms with E-state index in [2.05, 4.69) is 20.3 Å². The van der Waals surface area contributed by atoms with E-state index in [4.69, 9.17) is 39.5 Å². The number of oxazole rings is 2. The van der Waals surface area contributed by atoms with Gasteiger partial charge in [0.05, 0.1) is 35.3 Å². The summed E-state index contributed by atoms with van der Waals surface area (Å²) in [4.78, 5) is 82.5. The first-order chi connectivity index (χ1) is 29.9. The highest BCUT2D eigenvalue weighted by Crippen LogP contribution is 2.33. The molecule has 332 valence electrons. The molecule has 19 nitrogen and oxygen atoms in total. The van der Waals surface area contributed by atoms with E-state index < -0.39 is 35.2 Å². The van der Waals surface area contributed by atoms with Crippen molar-refractivity contribution < 1.29 is 47.0 Å². The van der Waals surface area contributed by atoms with Crippen molar-refractivity contribution in [1.82, 2.24) is 24.1 Å². The Balaban J connectivity index is 1.41. The Labute approximate surface area is 365 Å². The number of thiazole rings is 1. The average molecular weight is 884 g/mol. The zero-order chi connectivity index (χ0) is 45.7. The van der Waals surface area contributed by atoms with Gasteiger partial charge in [-0.3, -0.25) is 29.3 Å². The third kappa shape index (κ3) is 10.3. The minimum absolute atomic E-state index is 0.0205. The van der Waals surface area contributed by atoms with Gasteiger partial charge in [-0.05, 0) is 64.3 Å². The van der Waals surface area contributed by atoms with Crippen LogP contribution >= 0.6 is 11.3 Å². The van der Waals surface area contributed by atoms with Crippen LogP contribution in [-0.4, -0.2) is 73.0 Å². The van der Waals surface area contributed by atoms with Crippen LogP contribution in [0.1, 0.15) is 112 Å². The molecule has 6 aromatic rings. The number of allylic oxidation sites excluding steroid dienone is 2. The molecule has 4 heterocycles. The Morgan fingerprint density at radius 3 is 2.06 bits per heavy atom. The lowest BCUT2D eigenvalue weighted by molar-refractivity contribution is -0.155. The van der Waals surface area contributed by atoms with E-state index in [1.54, 1.807) is 62.0 Å². The van der Waals surface area contributed by atoms with Crippen LogP contribution in [-0.2, 0) is 35.5 Å². The number of amides is 4. The highest BCUT2D eigenvalue weighted by molar-refractivity contribution is 7.16. The van der Waals surface area contributed by atoms with Crippen molar-refractivity contribution in [2.75, 3.05) is 19.0 Å². The van der Waals surface area contributed by atoms with Crippen LogP contribution in [0.25, 0.3) is 21.3 Å². The number of carbonyl (C=O) groups is 5. The Kier molecular flexibility index (Phi) is 13.6. The van der Waals surface area contributed by atoms with Gasteiger partial charge in [0.25, 0.3) is 5.91 Å². The Hall–Kier alpha value is -7.09. The largest absolute Gasteiger partial charge is 0.494 e. The molecular weight excluding hydrogens is 835 g/mol. The highest BCUT2D eigenvalue weighted by atomic mass is 32.1. The molecule has 4 amide bonds. The molecule has 0 spiro atoms. The fraction of sp³-hybridized carbons (Fsp3) is 0.372. The number of rotatable bonds is 17. The predicted octanol–water partition coefficient (Wildman–Crippen LogP) is 5.73. The van der Waals surface area contributed by atoms with Gasteiger partial charge in [-0.15, -0.1) is 0 Å². The quantitative estimate of drug-likeness (QED) is 0.0562. The molecule has 0 aliphatic rings. The molecule has 0 saturated heterocycles. The molecule has 0 aliphatic carbocycles. The third-order valence-electron chi connectivity index (χ3n) is 9.38. The Morgan fingerprint density at radius 1 is 0.841 bits per heavy atom. The molecule has 63 heavy (non-hydrogen) atoms. The first-order valence-corrected chi connectivity index (χ1v) is 20.9. The molecule has 0 bridgehead atoms. The van der Waals surface area contributed by atoms with Gasteiger partial charge in [0.1, 0.15) is 28.1 Å². The van der Waals surface area contributed by atoms with Crippen molar-refractivity contribution in [2.45, 2.75) is 92.8 Å². The lowest BCUT2D eigenvalue weighted by Gasteiger charge is -2.19. The van der Waals surface area contributed by atoms with Crippen molar-refractivity contribution in [1.29, 1.82) is 0 Å². The minimum atomic E-state index is -0.734. The van der Waals surface area contributed by atoms with Crippen molar-refractivity contribution in [3.63, 3.8) is 0 Å². The van der Waals surface area contributed by atoms with Crippen molar-refractivity contribution >= 4 is 68.1 Å². The number of aromatic nitrogens is 5. The molecule has 4 aromatic heterocycles. The van der Waals surface area contributed by atoms with Crippen molar-refractivity contribution in [3.8, 4) is 11.5 Å². The first kappa shape index (κ1) is 45.4. The van der Waals surface area contributed by atoms with E-state index in [9.17, 15) is 24.0 Å². The molecule has 0 saturated carbocycles. The van der Waals surface area contributed by atoms with E-state index in [1.807, 2.05) is 13.8 Å². The van der Waals surface area contributed by atoms with E-state index in [-0.39, 0.29) is 70.8 Å². The van der Waals surface area contributed by atoms with Crippen molar-refractivity contribution in [2.24, 2.45) is 16.5 Å². The molecule has 2 aromatic carbocycles. The second kappa shape index (κ2) is 18.9. The van der Waals surface area contributed by atoms with Gasteiger partial charge in [0.2, 0.25) is 29.3 Å². The maximum absolute atomic E-state index is 13.7. The van der Waals surface area contributed by atoms with Gasteiger partial charge in [-0.2, -0.15) is 4.99 Å². The number of carbonyl (C=O) groups excluding carboxylic acids is 5. The third-order valence-corrected chi connectivity index (χ3v) is 10.4. The molecule has 0 aliphatic heterocycles. The fourth-order valence-corrected chi connectivity index (χ4v) is 7.79. The molecule has 0 atom stereocenters. The zero-order valence-corrected chi connectivity index (χ0v) is 37.1. The normalized spacial score (nSPS) is 12.1. The number of aryl methyl sites for hydroxylation is 4. The number of anilines is 1. The van der Waals surface area contributed by atoms with E-state index in [0.717, 1.165) is 11.3 Å². The highest BCUT2D eigenvalue weighted by Gasteiger charge is 2.25. The van der Waals surface area contributed by atoms with Gasteiger partial charge >= 0.3 is 11.9 Å². The number of hydrogen-bond acceptors (Lipinski definition) is 14. The monoisotopic (exact) mass is 883 g/mol. The summed E-state index contributed by atoms with van der Waals surface area (Å²) in [6, 6.07) is 6.08. The standard InChI is InChI=1S/C43H49N9O10S/c1-9-26-35(60-22(3)46-26)39(56)49-41-48-28-18-24(37(44)54)20-30(59-17-13-14-32(53)62-43(5,6)7)33(28)51(41)15-11-12-16-52-34-29(58-8)19-25(38(45)55)21-31(34)63-42(52)50-40(57)36-27(10-2)47-23(4)61-36/h11-12,18-21H,9-10,13-17H2,1-8H3,(H2,44,54)(H2,45,55)(H,48,49,56)/b12-11+,50-42?. The SMILES string of the molecule is CCc1nc(C)oc1C(=O)N=c1sc2cc(C(N)=O)cc(OC)c2n1C/C=C/Cn1c(NC(=O)c2oc(C)nc2CC)nc2cc(C(N)=O)cc(OCCCC(=O)OC(C)(C)C)c21. The maximum Gasteiger partial charge on any atom is 0.317 e. The number of nitrogens with one attached hydrogen (secondary N) is 1. The second-order valence-corrected chi connectivity index (χ2v) is 16.3. The summed E-state index contributed by atoms with van der Waals surface area (Å²) in [5.41, 5.74) is 13.2. The summed E-state index contributed by atoms with van der Waals surface area (Å²) in [5.74, 6) is -1.71. The van der Waals surface area contributed by atoms with Crippen molar-refractivity contribution in [3.05, 3.63) is 87.0 Å². The summed E-state index contributed by atoms with van der Waals surface area (Å²) < 4.78 is 32.6. The fourth-order valence-electron chi connectivity index (χ4n) is 6.69. The Morgan fingerprint density at radius 2 is 1.44 bits per heavy atom. The summed E-state index contributed by atoms with van der Waals surface area (Å²) in [6.07, 6.45) is 4.86. The number of methoxy groups -OCH3 is 1. The number of esters is 1. The number of nitrogens with zero attached hydrogens (tertiary/aromatic N) is 6. The zero-order valence-electron chi connectivity index (χ0n) is 36.2. The number of imidazole rings is 1. The summed E-state index contributed by atoms with van der Waals surface area (Å²) in [5, 5.41) is 2.84. The molecule has 20 heteroatoms. The summed E-state index contributed by atoms with van der Waals surface area (Å²) >= 11 is 1.15. The van der Waals surface area contributed by atoms with Crippen LogP contribution in [0.3, 0.4) is 0 Å². The first-order valence-electron chi connectivity index (χ1n) is 20.1. The molecule has 6 rings (SSSR count). The topological polar surface area (TPSA) is 264 Å². The van der Waals surface area contributed by atoms with E-state index in [0.29, 0.717) is 63.9 Å². The number of hydrogen-bond donors (Lipinski definition) is 3. The van der Waals surface area contributed by atoms with Gasteiger partial charge in [-0.25, -0.2) is 15.0 Å². The minimum Gasteiger partial charge on any atom is -0.494 e. The second-order valence-electron chi connectivity index (χ2n) is 15.2. The van der Waals surface area contributed by atoms with E-state index in [1.165, 1.54) is 25.3 Å². The maximum atomic E-state index is 13.7. The predicted molar refractivity (Wildman–Crippen MR) is 232 cm³/mol. The van der Waals surface area contributed by atoms with Crippen LogP contribution < -0.4 is 31.1 Å². The summed E-state index contributed by atoms with van der Waals surface area (Å²) in [7, 11) is 1.45. The molecule has 5 N–H and O–H groups in total. The number of benzene rings is 2. The lowest BCUT2D eigenvalue weighted by atomic mass is 10.1. The van der Waals surface area contributed by atoms with Crippen LogP contribution in [0.2, 0.25) is 0 Å². The number of primary amides is 2. The van der Waals surface area contributed by atoms with Gasteiger partial charge in [-0.1, -0.05) is 37.3 Å². The van der Waals surface area contributed by atoms with Gasteiger partial charge < -0.3 is 43.6 Å². The Bertz CT molecular complexity index is 2850. The summed E-state index contributed by atoms with van der Waals surface area (Å²) in [6.45, 7) is 12.6. The van der Waals surface area contributed by atoms with Gasteiger partial charge in [0.15, 0.2) is 16.6 Å². The number of nitrogens with two attached hydrogens (primary N) is 2. The number of fused-ring (bicyclic) bond motifs is 2. The molecular formula is C43H49N9O10S. The van der Waals surface area contributed by atoms with Gasteiger partial charge in [0, 0.05) is 44.5 Å². The van der Waals surface area contributed by atoms with Crippen LogP contribution in [0, 0.1) is 13.8 Å². The average Bonchev–Trinajstić information content (AvgIpc) is 3.99. The smallest absolute Gasteiger partial charge is 0.317 e.